The number of nitrogens with two attached hydrogens (primary N) is 1. The molecule has 1 aromatic carbocycles. The fourth-order valence-corrected chi connectivity index (χ4v) is 2.38. The Morgan fingerprint density at radius 1 is 1.40 bits per heavy atom. The van der Waals surface area contributed by atoms with Crippen molar-refractivity contribution in [3.05, 3.63) is 41.5 Å². The van der Waals surface area contributed by atoms with E-state index in [0.717, 1.165) is 11.3 Å². The van der Waals surface area contributed by atoms with Gasteiger partial charge in [0.05, 0.1) is 6.04 Å². The third kappa shape index (κ3) is 2.39. The van der Waals surface area contributed by atoms with Crippen LogP contribution in [0.2, 0.25) is 0 Å². The lowest BCUT2D eigenvalue weighted by Gasteiger charge is -2.13. The Kier molecular flexibility index (Phi) is 3.42. The summed E-state index contributed by atoms with van der Waals surface area (Å²) in [5.74, 6) is 1.99. The molecule has 2 heterocycles. The molecular formula is C14H18N4O2. The van der Waals surface area contributed by atoms with Crippen molar-refractivity contribution < 1.29 is 9.26 Å². The highest BCUT2D eigenvalue weighted by atomic mass is 16.5. The minimum Gasteiger partial charge on any atom is -0.492 e. The van der Waals surface area contributed by atoms with Gasteiger partial charge < -0.3 is 19.9 Å². The van der Waals surface area contributed by atoms with E-state index >= 15 is 0 Å². The zero-order valence-electron chi connectivity index (χ0n) is 11.6. The SMILES string of the molecule is CN(C)CC(N)c1noc(C2COc3ccccc32)n1. The maximum absolute atomic E-state index is 6.04. The van der Waals surface area contributed by atoms with Gasteiger partial charge >= 0.3 is 0 Å². The topological polar surface area (TPSA) is 77.4 Å². The molecule has 2 atom stereocenters. The first-order valence-electron chi connectivity index (χ1n) is 6.60. The molecule has 0 saturated carbocycles. The minimum atomic E-state index is -0.250. The van der Waals surface area contributed by atoms with Crippen LogP contribution in [-0.2, 0) is 0 Å². The molecule has 0 bridgehead atoms. The second kappa shape index (κ2) is 5.22. The zero-order valence-corrected chi connectivity index (χ0v) is 11.6. The Morgan fingerprint density at radius 3 is 3.00 bits per heavy atom. The molecule has 0 radical (unpaired) electrons. The second-order valence-corrected chi connectivity index (χ2v) is 5.26. The number of rotatable bonds is 4. The van der Waals surface area contributed by atoms with Crippen LogP contribution in [0, 0.1) is 0 Å². The zero-order chi connectivity index (χ0) is 14.1. The van der Waals surface area contributed by atoms with Crippen molar-refractivity contribution >= 4 is 0 Å². The van der Waals surface area contributed by atoms with Crippen molar-refractivity contribution in [1.29, 1.82) is 0 Å². The van der Waals surface area contributed by atoms with Crippen LogP contribution in [-0.4, -0.2) is 42.3 Å². The molecule has 106 valence electrons. The van der Waals surface area contributed by atoms with E-state index < -0.39 is 0 Å². The molecule has 6 nitrogen and oxygen atoms in total. The van der Waals surface area contributed by atoms with Crippen LogP contribution in [0.3, 0.4) is 0 Å². The van der Waals surface area contributed by atoms with Gasteiger partial charge in [-0.25, -0.2) is 0 Å². The van der Waals surface area contributed by atoms with Crippen molar-refractivity contribution in [2.45, 2.75) is 12.0 Å². The summed E-state index contributed by atoms with van der Waals surface area (Å²) in [4.78, 5) is 6.43. The summed E-state index contributed by atoms with van der Waals surface area (Å²) in [5.41, 5.74) is 7.13. The smallest absolute Gasteiger partial charge is 0.237 e. The maximum Gasteiger partial charge on any atom is 0.237 e. The van der Waals surface area contributed by atoms with E-state index in [1.54, 1.807) is 0 Å². The largest absolute Gasteiger partial charge is 0.492 e. The number of para-hydroxylation sites is 1. The number of hydrogen-bond acceptors (Lipinski definition) is 6. The predicted octanol–water partition coefficient (Wildman–Crippen LogP) is 1.16. The summed E-state index contributed by atoms with van der Waals surface area (Å²) >= 11 is 0. The molecule has 1 aliphatic rings. The fourth-order valence-electron chi connectivity index (χ4n) is 2.38. The first kappa shape index (κ1) is 13.1. The summed E-state index contributed by atoms with van der Waals surface area (Å²) in [6, 6.07) is 7.66. The molecule has 2 unspecified atom stereocenters. The number of nitrogens with zero attached hydrogens (tertiary/aromatic N) is 3. The maximum atomic E-state index is 6.04. The van der Waals surface area contributed by atoms with Crippen LogP contribution in [0.4, 0.5) is 0 Å². The fraction of sp³-hybridized carbons (Fsp3) is 0.429. The second-order valence-electron chi connectivity index (χ2n) is 5.26. The van der Waals surface area contributed by atoms with Gasteiger partial charge in [0.2, 0.25) is 5.89 Å². The van der Waals surface area contributed by atoms with Crippen LogP contribution in [0.25, 0.3) is 0 Å². The number of hydrogen-bond donors (Lipinski definition) is 1. The molecule has 1 aliphatic heterocycles. The number of ether oxygens (including phenoxy) is 1. The van der Waals surface area contributed by atoms with Gasteiger partial charge in [-0.3, -0.25) is 0 Å². The summed E-state index contributed by atoms with van der Waals surface area (Å²) in [7, 11) is 3.92. The molecule has 2 aromatic rings. The molecule has 2 N–H and O–H groups in total. The Labute approximate surface area is 117 Å². The predicted molar refractivity (Wildman–Crippen MR) is 73.6 cm³/mol. The third-order valence-electron chi connectivity index (χ3n) is 3.35. The average Bonchev–Trinajstić information content (AvgIpc) is 3.04. The Bertz CT molecular complexity index is 596. The quantitative estimate of drug-likeness (QED) is 0.901. The molecular weight excluding hydrogens is 256 g/mol. The summed E-state index contributed by atoms with van der Waals surface area (Å²) in [6.45, 7) is 1.21. The summed E-state index contributed by atoms with van der Waals surface area (Å²) in [6.07, 6.45) is 0. The van der Waals surface area contributed by atoms with Crippen molar-refractivity contribution in [3.8, 4) is 5.75 Å². The van der Waals surface area contributed by atoms with E-state index in [1.165, 1.54) is 0 Å². The Balaban J connectivity index is 1.81. The van der Waals surface area contributed by atoms with Crippen molar-refractivity contribution in [1.82, 2.24) is 15.0 Å². The van der Waals surface area contributed by atoms with E-state index in [9.17, 15) is 0 Å². The molecule has 6 heteroatoms. The standard InChI is InChI=1S/C14H18N4O2/c1-18(2)7-11(15)13-16-14(20-17-13)10-8-19-12-6-4-3-5-9(10)12/h3-6,10-11H,7-8,15H2,1-2H3. The number of benzene rings is 1. The van der Waals surface area contributed by atoms with Gasteiger partial charge in [-0.1, -0.05) is 23.4 Å². The Morgan fingerprint density at radius 2 is 2.20 bits per heavy atom. The number of likely N-dealkylation sites (N-methyl/N-ethyl adjacent to an activating group) is 1. The van der Waals surface area contributed by atoms with Gasteiger partial charge in [-0.2, -0.15) is 4.98 Å². The first-order chi connectivity index (χ1) is 9.65. The van der Waals surface area contributed by atoms with Gasteiger partial charge in [0, 0.05) is 12.1 Å². The molecule has 0 aliphatic carbocycles. The molecule has 0 fully saturated rings. The first-order valence-corrected chi connectivity index (χ1v) is 6.60. The normalized spacial score (nSPS) is 18.9. The van der Waals surface area contributed by atoms with Crippen LogP contribution in [0.5, 0.6) is 5.75 Å². The van der Waals surface area contributed by atoms with E-state index in [1.807, 2.05) is 43.3 Å². The van der Waals surface area contributed by atoms with Crippen LogP contribution in [0.1, 0.15) is 29.2 Å². The lowest BCUT2D eigenvalue weighted by molar-refractivity contribution is 0.302. The van der Waals surface area contributed by atoms with Crippen LogP contribution < -0.4 is 10.5 Å². The minimum absolute atomic E-state index is 0.000920. The molecule has 1 aromatic heterocycles. The third-order valence-corrected chi connectivity index (χ3v) is 3.35. The van der Waals surface area contributed by atoms with Gasteiger partial charge in [0.15, 0.2) is 5.82 Å². The van der Waals surface area contributed by atoms with Gasteiger partial charge in [-0.15, -0.1) is 0 Å². The highest BCUT2D eigenvalue weighted by Gasteiger charge is 2.30. The molecule has 3 rings (SSSR count). The summed E-state index contributed by atoms with van der Waals surface area (Å²) in [5, 5.41) is 3.99. The monoisotopic (exact) mass is 274 g/mol. The number of aromatic nitrogens is 2. The highest BCUT2D eigenvalue weighted by Crippen LogP contribution is 2.37. The van der Waals surface area contributed by atoms with Gasteiger partial charge in [0.1, 0.15) is 18.3 Å². The summed E-state index contributed by atoms with van der Waals surface area (Å²) < 4.78 is 11.0. The molecule has 0 amide bonds. The molecule has 0 saturated heterocycles. The van der Waals surface area contributed by atoms with Crippen LogP contribution >= 0.6 is 0 Å². The molecule has 20 heavy (non-hydrogen) atoms. The van der Waals surface area contributed by atoms with E-state index in [2.05, 4.69) is 10.1 Å². The van der Waals surface area contributed by atoms with Crippen molar-refractivity contribution in [2.75, 3.05) is 27.2 Å². The number of fused-ring (bicyclic) bond motifs is 1. The average molecular weight is 274 g/mol. The Hall–Kier alpha value is -1.92. The van der Waals surface area contributed by atoms with E-state index in [4.69, 9.17) is 15.0 Å². The molecule has 0 spiro atoms. The lowest BCUT2D eigenvalue weighted by Crippen LogP contribution is -2.26. The van der Waals surface area contributed by atoms with Gasteiger partial charge in [-0.05, 0) is 20.2 Å². The van der Waals surface area contributed by atoms with Gasteiger partial charge in [0.25, 0.3) is 0 Å². The van der Waals surface area contributed by atoms with E-state index in [0.29, 0.717) is 24.9 Å². The highest BCUT2D eigenvalue weighted by molar-refractivity contribution is 5.42. The lowest BCUT2D eigenvalue weighted by atomic mass is 10.0. The van der Waals surface area contributed by atoms with Crippen molar-refractivity contribution in [2.24, 2.45) is 5.73 Å². The van der Waals surface area contributed by atoms with Crippen LogP contribution in [0.15, 0.2) is 28.8 Å². The van der Waals surface area contributed by atoms with E-state index in [-0.39, 0.29) is 12.0 Å². The van der Waals surface area contributed by atoms with Crippen molar-refractivity contribution in [3.63, 3.8) is 0 Å².